The molecule has 7 heteroatoms. The predicted molar refractivity (Wildman–Crippen MR) is 116 cm³/mol. The SMILES string of the molecule is Cc1nc2cc(Nc3cc(-c4cccnc4)nc(NC(C)(C)C)n3)ccc2s1. The molecule has 0 saturated carbocycles. The molecule has 2 N–H and O–H groups in total. The summed E-state index contributed by atoms with van der Waals surface area (Å²) in [6.45, 7) is 8.27. The lowest BCUT2D eigenvalue weighted by molar-refractivity contribution is 0.626. The number of nitrogens with one attached hydrogen (secondary N) is 2. The molecule has 0 fully saturated rings. The van der Waals surface area contributed by atoms with Gasteiger partial charge in [0.1, 0.15) is 5.82 Å². The number of thiazole rings is 1. The summed E-state index contributed by atoms with van der Waals surface area (Å²) in [6.07, 6.45) is 3.56. The molecular weight excluding hydrogens is 368 g/mol. The van der Waals surface area contributed by atoms with Crippen molar-refractivity contribution < 1.29 is 0 Å². The molecule has 0 atom stereocenters. The summed E-state index contributed by atoms with van der Waals surface area (Å²) in [5.41, 5.74) is 3.53. The smallest absolute Gasteiger partial charge is 0.225 e. The summed E-state index contributed by atoms with van der Waals surface area (Å²) in [4.78, 5) is 18.1. The maximum Gasteiger partial charge on any atom is 0.225 e. The van der Waals surface area contributed by atoms with E-state index in [1.165, 1.54) is 4.70 Å². The van der Waals surface area contributed by atoms with Gasteiger partial charge >= 0.3 is 0 Å². The van der Waals surface area contributed by atoms with E-state index in [2.05, 4.69) is 57.4 Å². The van der Waals surface area contributed by atoms with Gasteiger partial charge in [-0.1, -0.05) is 0 Å². The molecule has 0 bridgehead atoms. The van der Waals surface area contributed by atoms with Crippen molar-refractivity contribution in [1.29, 1.82) is 0 Å². The third kappa shape index (κ3) is 4.26. The van der Waals surface area contributed by atoms with Crippen LogP contribution in [0, 0.1) is 6.92 Å². The van der Waals surface area contributed by atoms with Gasteiger partial charge in [-0.3, -0.25) is 4.98 Å². The van der Waals surface area contributed by atoms with Crippen LogP contribution in [0.3, 0.4) is 0 Å². The molecule has 4 rings (SSSR count). The maximum atomic E-state index is 4.67. The molecule has 3 aromatic heterocycles. The van der Waals surface area contributed by atoms with Crippen LogP contribution in [0.1, 0.15) is 25.8 Å². The number of aromatic nitrogens is 4. The van der Waals surface area contributed by atoms with Crippen LogP contribution in [-0.2, 0) is 0 Å². The van der Waals surface area contributed by atoms with E-state index in [4.69, 9.17) is 0 Å². The van der Waals surface area contributed by atoms with Crippen LogP contribution in [0.15, 0.2) is 48.8 Å². The van der Waals surface area contributed by atoms with Crippen LogP contribution in [-0.4, -0.2) is 25.5 Å². The molecule has 0 unspecified atom stereocenters. The fourth-order valence-electron chi connectivity index (χ4n) is 2.83. The minimum atomic E-state index is -0.151. The summed E-state index contributed by atoms with van der Waals surface area (Å²) in [7, 11) is 0. The standard InChI is InChI=1S/C21H22N6S/c1-13-23-17-10-15(7-8-18(17)28-13)24-19-11-16(14-6-5-9-22-12-14)25-20(26-19)27-21(2,3)4/h5-12H,1-4H3,(H2,24,25,26,27). The first kappa shape index (κ1) is 18.3. The summed E-state index contributed by atoms with van der Waals surface area (Å²) in [5.74, 6) is 1.29. The topological polar surface area (TPSA) is 75.6 Å². The highest BCUT2D eigenvalue weighted by Gasteiger charge is 2.14. The van der Waals surface area contributed by atoms with Crippen LogP contribution < -0.4 is 10.6 Å². The van der Waals surface area contributed by atoms with E-state index in [0.717, 1.165) is 27.5 Å². The molecule has 28 heavy (non-hydrogen) atoms. The van der Waals surface area contributed by atoms with Gasteiger partial charge in [-0.05, 0) is 58.0 Å². The van der Waals surface area contributed by atoms with Gasteiger partial charge < -0.3 is 10.6 Å². The molecule has 3 heterocycles. The summed E-state index contributed by atoms with van der Waals surface area (Å²) in [5, 5.41) is 7.81. The monoisotopic (exact) mass is 390 g/mol. The number of pyridine rings is 1. The molecule has 4 aromatic rings. The van der Waals surface area contributed by atoms with Gasteiger partial charge in [-0.15, -0.1) is 11.3 Å². The second kappa shape index (κ2) is 7.16. The highest BCUT2D eigenvalue weighted by atomic mass is 32.1. The Morgan fingerprint density at radius 1 is 1.00 bits per heavy atom. The van der Waals surface area contributed by atoms with Gasteiger partial charge in [0.05, 0.1) is 20.9 Å². The zero-order valence-corrected chi connectivity index (χ0v) is 17.1. The van der Waals surface area contributed by atoms with E-state index in [-0.39, 0.29) is 5.54 Å². The Kier molecular flexibility index (Phi) is 4.68. The number of nitrogens with zero attached hydrogens (tertiary/aromatic N) is 4. The van der Waals surface area contributed by atoms with E-state index in [0.29, 0.717) is 11.8 Å². The van der Waals surface area contributed by atoms with Crippen molar-refractivity contribution in [3.8, 4) is 11.3 Å². The van der Waals surface area contributed by atoms with Crippen molar-refractivity contribution in [1.82, 2.24) is 19.9 Å². The number of rotatable bonds is 4. The Hall–Kier alpha value is -3.06. The molecule has 1 aromatic carbocycles. The van der Waals surface area contributed by atoms with Crippen LogP contribution in [0.4, 0.5) is 17.5 Å². The van der Waals surface area contributed by atoms with Gasteiger partial charge in [0.2, 0.25) is 5.95 Å². The lowest BCUT2D eigenvalue weighted by Gasteiger charge is -2.21. The van der Waals surface area contributed by atoms with Crippen LogP contribution in [0.25, 0.3) is 21.5 Å². The van der Waals surface area contributed by atoms with Crippen molar-refractivity contribution in [2.24, 2.45) is 0 Å². The molecule has 6 nitrogen and oxygen atoms in total. The Bertz CT molecular complexity index is 1110. The molecule has 0 aliphatic heterocycles. The normalized spacial score (nSPS) is 11.6. The summed E-state index contributed by atoms with van der Waals surface area (Å²) in [6, 6.07) is 12.0. The van der Waals surface area contributed by atoms with Crippen molar-refractivity contribution in [2.75, 3.05) is 10.6 Å². The molecule has 0 radical (unpaired) electrons. The average Bonchev–Trinajstić information content (AvgIpc) is 3.00. The molecule has 142 valence electrons. The minimum Gasteiger partial charge on any atom is -0.350 e. The largest absolute Gasteiger partial charge is 0.350 e. The van der Waals surface area contributed by atoms with Gasteiger partial charge in [-0.2, -0.15) is 4.98 Å². The first-order valence-electron chi connectivity index (χ1n) is 9.08. The number of hydrogen-bond acceptors (Lipinski definition) is 7. The number of fused-ring (bicyclic) bond motifs is 1. The van der Waals surface area contributed by atoms with Gasteiger partial charge in [0, 0.05) is 35.2 Å². The minimum absolute atomic E-state index is 0.151. The van der Waals surface area contributed by atoms with Crippen LogP contribution in [0.5, 0.6) is 0 Å². The lowest BCUT2D eigenvalue weighted by atomic mass is 10.1. The van der Waals surface area contributed by atoms with Crippen molar-refractivity contribution in [2.45, 2.75) is 33.2 Å². The third-order valence-electron chi connectivity index (χ3n) is 3.94. The summed E-state index contributed by atoms with van der Waals surface area (Å²) >= 11 is 1.69. The van der Waals surface area contributed by atoms with Crippen molar-refractivity contribution in [3.63, 3.8) is 0 Å². The molecule has 0 spiro atoms. The van der Waals surface area contributed by atoms with E-state index in [9.17, 15) is 0 Å². The number of hydrogen-bond donors (Lipinski definition) is 2. The fourth-order valence-corrected chi connectivity index (χ4v) is 3.64. The van der Waals surface area contributed by atoms with Gasteiger partial charge in [0.15, 0.2) is 0 Å². The maximum absolute atomic E-state index is 4.67. The Morgan fingerprint density at radius 3 is 2.61 bits per heavy atom. The Labute approximate surface area is 168 Å². The molecule has 0 aliphatic carbocycles. The molecule has 0 amide bonds. The van der Waals surface area contributed by atoms with Crippen LogP contribution in [0.2, 0.25) is 0 Å². The second-order valence-corrected chi connectivity index (χ2v) is 8.85. The number of anilines is 3. The van der Waals surface area contributed by atoms with Crippen molar-refractivity contribution in [3.05, 3.63) is 53.8 Å². The van der Waals surface area contributed by atoms with Crippen LogP contribution >= 0.6 is 11.3 Å². The third-order valence-corrected chi connectivity index (χ3v) is 4.89. The zero-order valence-electron chi connectivity index (χ0n) is 16.3. The predicted octanol–water partition coefficient (Wildman–Crippen LogP) is 5.41. The van der Waals surface area contributed by atoms with Gasteiger partial charge in [0.25, 0.3) is 0 Å². The summed E-state index contributed by atoms with van der Waals surface area (Å²) < 4.78 is 1.18. The number of benzene rings is 1. The van der Waals surface area contributed by atoms with E-state index >= 15 is 0 Å². The first-order valence-corrected chi connectivity index (χ1v) is 9.89. The van der Waals surface area contributed by atoms with E-state index in [1.54, 1.807) is 23.7 Å². The van der Waals surface area contributed by atoms with E-state index in [1.807, 2.05) is 37.3 Å². The zero-order chi connectivity index (χ0) is 19.7. The van der Waals surface area contributed by atoms with E-state index < -0.39 is 0 Å². The molecule has 0 aliphatic rings. The fraction of sp³-hybridized carbons (Fsp3) is 0.238. The van der Waals surface area contributed by atoms with Gasteiger partial charge in [-0.25, -0.2) is 9.97 Å². The number of aryl methyl sites for hydroxylation is 1. The Morgan fingerprint density at radius 2 is 1.86 bits per heavy atom. The molecular formula is C21H22N6S. The second-order valence-electron chi connectivity index (χ2n) is 7.62. The Balaban J connectivity index is 1.72. The lowest BCUT2D eigenvalue weighted by Crippen LogP contribution is -2.27. The average molecular weight is 391 g/mol. The molecule has 0 saturated heterocycles. The quantitative estimate of drug-likeness (QED) is 0.485. The first-order chi connectivity index (χ1) is 13.4. The van der Waals surface area contributed by atoms with Crippen molar-refractivity contribution >= 4 is 39.0 Å². The highest BCUT2D eigenvalue weighted by molar-refractivity contribution is 7.18. The highest BCUT2D eigenvalue weighted by Crippen LogP contribution is 2.28.